The summed E-state index contributed by atoms with van der Waals surface area (Å²) in [5.41, 5.74) is 7.96. The third-order valence-corrected chi connectivity index (χ3v) is 3.00. The summed E-state index contributed by atoms with van der Waals surface area (Å²) >= 11 is 0. The van der Waals surface area contributed by atoms with Crippen molar-refractivity contribution in [1.29, 1.82) is 0 Å². The number of rotatable bonds is 2. The molecule has 0 unspecified atom stereocenters. The molecule has 0 amide bonds. The van der Waals surface area contributed by atoms with Crippen LogP contribution in [0.4, 0.5) is 5.82 Å². The average Bonchev–Trinajstić information content (AvgIpc) is 2.30. The van der Waals surface area contributed by atoms with Crippen LogP contribution in [0.1, 0.15) is 30.4 Å². The topological polar surface area (TPSA) is 42.1 Å². The molecule has 82 valence electrons. The van der Waals surface area contributed by atoms with Gasteiger partial charge in [0.25, 0.3) is 0 Å². The molecular formula is C12H19N3. The fraction of sp³-hybridized carbons (Fsp3) is 0.583. The number of aromatic nitrogens is 1. The maximum absolute atomic E-state index is 5.59. The SMILES string of the molecule is Cc1cc(CN)cnc1N1CCCCC1. The quantitative estimate of drug-likeness (QED) is 0.801. The maximum atomic E-state index is 5.59. The van der Waals surface area contributed by atoms with Gasteiger partial charge >= 0.3 is 0 Å². The van der Waals surface area contributed by atoms with E-state index in [-0.39, 0.29) is 0 Å². The Balaban J connectivity index is 2.19. The standard InChI is InChI=1S/C12H19N3/c1-10-7-11(8-13)9-14-12(10)15-5-3-2-4-6-15/h7,9H,2-6,8,13H2,1H3. The van der Waals surface area contributed by atoms with Gasteiger partial charge in [0, 0.05) is 25.8 Å². The Bertz CT molecular complexity index is 330. The van der Waals surface area contributed by atoms with Gasteiger partial charge in [-0.1, -0.05) is 0 Å². The smallest absolute Gasteiger partial charge is 0.131 e. The van der Waals surface area contributed by atoms with Crippen LogP contribution in [0.2, 0.25) is 0 Å². The first kappa shape index (κ1) is 10.4. The molecule has 2 heterocycles. The second-order valence-electron chi connectivity index (χ2n) is 4.24. The molecule has 1 aliphatic rings. The highest BCUT2D eigenvalue weighted by atomic mass is 15.2. The summed E-state index contributed by atoms with van der Waals surface area (Å²) in [7, 11) is 0. The van der Waals surface area contributed by atoms with Crippen LogP contribution in [-0.2, 0) is 6.54 Å². The van der Waals surface area contributed by atoms with E-state index in [2.05, 4.69) is 22.9 Å². The number of hydrogen-bond acceptors (Lipinski definition) is 3. The highest BCUT2D eigenvalue weighted by Gasteiger charge is 2.13. The summed E-state index contributed by atoms with van der Waals surface area (Å²) in [5, 5.41) is 0. The van der Waals surface area contributed by atoms with Crippen LogP contribution in [0.3, 0.4) is 0 Å². The molecule has 0 radical (unpaired) electrons. The zero-order valence-electron chi connectivity index (χ0n) is 9.37. The zero-order chi connectivity index (χ0) is 10.7. The molecule has 0 spiro atoms. The van der Waals surface area contributed by atoms with Crippen molar-refractivity contribution >= 4 is 5.82 Å². The van der Waals surface area contributed by atoms with Crippen LogP contribution >= 0.6 is 0 Å². The minimum absolute atomic E-state index is 0.578. The van der Waals surface area contributed by atoms with Crippen LogP contribution < -0.4 is 10.6 Å². The Morgan fingerprint density at radius 2 is 2.07 bits per heavy atom. The number of nitrogens with zero attached hydrogens (tertiary/aromatic N) is 2. The molecule has 3 nitrogen and oxygen atoms in total. The van der Waals surface area contributed by atoms with Crippen molar-refractivity contribution in [1.82, 2.24) is 4.98 Å². The van der Waals surface area contributed by atoms with E-state index in [0.717, 1.165) is 24.5 Å². The van der Waals surface area contributed by atoms with Gasteiger partial charge in [0.05, 0.1) is 0 Å². The molecule has 0 aromatic carbocycles. The molecule has 0 saturated carbocycles. The molecule has 15 heavy (non-hydrogen) atoms. The van der Waals surface area contributed by atoms with Crippen molar-refractivity contribution in [3.8, 4) is 0 Å². The number of hydrogen-bond donors (Lipinski definition) is 1. The Morgan fingerprint density at radius 3 is 2.67 bits per heavy atom. The summed E-state index contributed by atoms with van der Waals surface area (Å²) in [4.78, 5) is 6.91. The van der Waals surface area contributed by atoms with Crippen molar-refractivity contribution in [2.45, 2.75) is 32.7 Å². The van der Waals surface area contributed by atoms with Crippen LogP contribution in [-0.4, -0.2) is 18.1 Å². The summed E-state index contributed by atoms with van der Waals surface area (Å²) in [6.07, 6.45) is 5.84. The van der Waals surface area contributed by atoms with Crippen LogP contribution in [0.15, 0.2) is 12.3 Å². The highest BCUT2D eigenvalue weighted by Crippen LogP contribution is 2.21. The lowest BCUT2D eigenvalue weighted by Crippen LogP contribution is -2.30. The molecule has 1 saturated heterocycles. The second kappa shape index (κ2) is 4.62. The lowest BCUT2D eigenvalue weighted by molar-refractivity contribution is 0.572. The summed E-state index contributed by atoms with van der Waals surface area (Å²) < 4.78 is 0. The maximum Gasteiger partial charge on any atom is 0.131 e. The Kier molecular flexibility index (Phi) is 3.21. The summed E-state index contributed by atoms with van der Waals surface area (Å²) in [6, 6.07) is 2.15. The second-order valence-corrected chi connectivity index (χ2v) is 4.24. The zero-order valence-corrected chi connectivity index (χ0v) is 9.37. The van der Waals surface area contributed by atoms with Gasteiger partial charge < -0.3 is 10.6 Å². The summed E-state index contributed by atoms with van der Waals surface area (Å²) in [6.45, 7) is 5.00. The van der Waals surface area contributed by atoms with E-state index in [9.17, 15) is 0 Å². The van der Waals surface area contributed by atoms with E-state index in [1.807, 2.05) is 6.20 Å². The molecule has 2 rings (SSSR count). The average molecular weight is 205 g/mol. The Morgan fingerprint density at radius 1 is 1.33 bits per heavy atom. The molecule has 3 heteroatoms. The van der Waals surface area contributed by atoms with Crippen molar-refractivity contribution in [3.63, 3.8) is 0 Å². The third kappa shape index (κ3) is 2.29. The van der Waals surface area contributed by atoms with Gasteiger partial charge in [-0.05, 0) is 43.4 Å². The van der Waals surface area contributed by atoms with Gasteiger partial charge in [-0.3, -0.25) is 0 Å². The fourth-order valence-corrected chi connectivity index (χ4v) is 2.17. The number of piperidine rings is 1. The minimum atomic E-state index is 0.578. The molecule has 1 aromatic heterocycles. The first-order valence-electron chi connectivity index (χ1n) is 5.72. The highest BCUT2D eigenvalue weighted by molar-refractivity contribution is 5.47. The fourth-order valence-electron chi connectivity index (χ4n) is 2.17. The molecule has 2 N–H and O–H groups in total. The van der Waals surface area contributed by atoms with E-state index in [0.29, 0.717) is 6.54 Å². The number of nitrogens with two attached hydrogens (primary N) is 1. The first-order chi connectivity index (χ1) is 7.31. The van der Waals surface area contributed by atoms with E-state index in [4.69, 9.17) is 5.73 Å². The third-order valence-electron chi connectivity index (χ3n) is 3.00. The molecule has 0 bridgehead atoms. The largest absolute Gasteiger partial charge is 0.356 e. The van der Waals surface area contributed by atoms with Crippen molar-refractivity contribution < 1.29 is 0 Å². The van der Waals surface area contributed by atoms with Gasteiger partial charge in [0.1, 0.15) is 5.82 Å². The lowest BCUT2D eigenvalue weighted by Gasteiger charge is -2.29. The van der Waals surface area contributed by atoms with Crippen molar-refractivity contribution in [3.05, 3.63) is 23.4 Å². The van der Waals surface area contributed by atoms with Gasteiger partial charge in [0.15, 0.2) is 0 Å². The van der Waals surface area contributed by atoms with Gasteiger partial charge in [-0.25, -0.2) is 4.98 Å². The number of anilines is 1. The molecule has 0 aliphatic carbocycles. The van der Waals surface area contributed by atoms with Gasteiger partial charge in [-0.15, -0.1) is 0 Å². The van der Waals surface area contributed by atoms with Crippen LogP contribution in [0, 0.1) is 6.92 Å². The molecular weight excluding hydrogens is 186 g/mol. The minimum Gasteiger partial charge on any atom is -0.356 e. The molecule has 1 aromatic rings. The predicted octanol–water partition coefficient (Wildman–Crippen LogP) is 1.84. The summed E-state index contributed by atoms with van der Waals surface area (Å²) in [5.74, 6) is 1.15. The van der Waals surface area contributed by atoms with Crippen LogP contribution in [0.5, 0.6) is 0 Å². The molecule has 1 aliphatic heterocycles. The molecule has 0 atom stereocenters. The van der Waals surface area contributed by atoms with Crippen molar-refractivity contribution in [2.75, 3.05) is 18.0 Å². The number of pyridine rings is 1. The van der Waals surface area contributed by atoms with E-state index < -0.39 is 0 Å². The first-order valence-corrected chi connectivity index (χ1v) is 5.72. The lowest BCUT2D eigenvalue weighted by atomic mass is 10.1. The Hall–Kier alpha value is -1.09. The van der Waals surface area contributed by atoms with Gasteiger partial charge in [0.2, 0.25) is 0 Å². The van der Waals surface area contributed by atoms with E-state index >= 15 is 0 Å². The van der Waals surface area contributed by atoms with Gasteiger partial charge in [-0.2, -0.15) is 0 Å². The molecule has 1 fully saturated rings. The number of aryl methyl sites for hydroxylation is 1. The monoisotopic (exact) mass is 205 g/mol. The van der Waals surface area contributed by atoms with Crippen molar-refractivity contribution in [2.24, 2.45) is 5.73 Å². The van der Waals surface area contributed by atoms with Crippen LogP contribution in [0.25, 0.3) is 0 Å². The normalized spacial score (nSPS) is 16.8. The van der Waals surface area contributed by atoms with E-state index in [1.165, 1.54) is 24.8 Å². The van der Waals surface area contributed by atoms with E-state index in [1.54, 1.807) is 0 Å². The Labute approximate surface area is 91.3 Å². The predicted molar refractivity (Wildman–Crippen MR) is 62.9 cm³/mol.